The van der Waals surface area contributed by atoms with Crippen LogP contribution in [0, 0.1) is 0 Å². The Morgan fingerprint density at radius 1 is 1.03 bits per heavy atom. The quantitative estimate of drug-likeness (QED) is 0.318. The minimum Gasteiger partial charge on any atom is -0.466 e. The largest absolute Gasteiger partial charge is 0.466 e. The third-order valence-electron chi connectivity index (χ3n) is 5.99. The Labute approximate surface area is 210 Å². The van der Waals surface area contributed by atoms with E-state index in [2.05, 4.69) is 4.99 Å². The summed E-state index contributed by atoms with van der Waals surface area (Å²) in [7, 11) is 1.30. The van der Waals surface area contributed by atoms with Gasteiger partial charge in [0.05, 0.1) is 29.0 Å². The molecule has 3 aromatic carbocycles. The summed E-state index contributed by atoms with van der Waals surface area (Å²) in [4.78, 5) is 43.0. The number of aromatic nitrogens is 1. The summed E-state index contributed by atoms with van der Waals surface area (Å²) in [5.74, 6) is -0.626. The first-order chi connectivity index (χ1) is 17.4. The lowest BCUT2D eigenvalue weighted by Crippen LogP contribution is -2.39. The molecule has 0 N–H and O–H groups in total. The van der Waals surface area contributed by atoms with Crippen molar-refractivity contribution in [1.82, 2.24) is 4.57 Å². The van der Waals surface area contributed by atoms with Crippen molar-refractivity contribution >= 4 is 40.1 Å². The molecule has 0 amide bonds. The van der Waals surface area contributed by atoms with Crippen LogP contribution >= 0.6 is 11.3 Å². The predicted molar refractivity (Wildman–Crippen MR) is 137 cm³/mol. The fraction of sp³-hybridized carbons (Fsp3) is 0.143. The first kappa shape index (κ1) is 23.4. The van der Waals surface area contributed by atoms with Crippen molar-refractivity contribution in [2.45, 2.75) is 19.9 Å². The van der Waals surface area contributed by atoms with Crippen LogP contribution in [-0.4, -0.2) is 23.6 Å². The van der Waals surface area contributed by atoms with Gasteiger partial charge in [-0.25, -0.2) is 9.79 Å². The maximum atomic E-state index is 13.8. The zero-order valence-corrected chi connectivity index (χ0v) is 20.7. The number of methoxy groups -OCH3 is 1. The zero-order valence-electron chi connectivity index (χ0n) is 19.8. The number of thiazole rings is 1. The van der Waals surface area contributed by atoms with Crippen LogP contribution in [0.5, 0.6) is 5.75 Å². The minimum atomic E-state index is -0.741. The Kier molecular flexibility index (Phi) is 6.12. The highest BCUT2D eigenvalue weighted by atomic mass is 32.1. The molecule has 2 heterocycles. The number of hydrogen-bond donors (Lipinski definition) is 0. The van der Waals surface area contributed by atoms with Crippen LogP contribution in [0.3, 0.4) is 0 Å². The van der Waals surface area contributed by atoms with Gasteiger partial charge in [0.25, 0.3) is 5.56 Å². The molecule has 180 valence electrons. The van der Waals surface area contributed by atoms with E-state index in [1.165, 1.54) is 29.9 Å². The van der Waals surface area contributed by atoms with Gasteiger partial charge in [0.2, 0.25) is 0 Å². The Morgan fingerprint density at radius 2 is 1.75 bits per heavy atom. The minimum absolute atomic E-state index is 0.255. The average Bonchev–Trinajstić information content (AvgIpc) is 3.17. The van der Waals surface area contributed by atoms with E-state index in [0.717, 1.165) is 16.3 Å². The van der Waals surface area contributed by atoms with E-state index >= 15 is 0 Å². The molecule has 5 rings (SSSR count). The van der Waals surface area contributed by atoms with Gasteiger partial charge >= 0.3 is 11.9 Å². The van der Waals surface area contributed by atoms with Gasteiger partial charge in [0.15, 0.2) is 4.80 Å². The highest BCUT2D eigenvalue weighted by Crippen LogP contribution is 2.31. The van der Waals surface area contributed by atoms with E-state index in [9.17, 15) is 14.4 Å². The summed E-state index contributed by atoms with van der Waals surface area (Å²) in [5.41, 5.74) is 2.09. The topological polar surface area (TPSA) is 87.0 Å². The number of rotatable bonds is 4. The summed E-state index contributed by atoms with van der Waals surface area (Å²) in [6.45, 7) is 3.05. The molecule has 0 saturated heterocycles. The van der Waals surface area contributed by atoms with Crippen LogP contribution in [0.15, 0.2) is 87.8 Å². The highest BCUT2D eigenvalue weighted by Gasteiger charge is 2.33. The molecule has 1 aromatic heterocycles. The normalized spacial score (nSPS) is 15.4. The number of esters is 2. The SMILES string of the molecule is COC(=O)C1=C(C)N=c2sc(=Cc3cccc4ccccc34)c(=O)n2[C@H]1c1ccc(OC(C)=O)cc1. The monoisotopic (exact) mass is 498 g/mol. The first-order valence-electron chi connectivity index (χ1n) is 11.2. The van der Waals surface area contributed by atoms with Crippen LogP contribution in [0.4, 0.5) is 0 Å². The second-order valence-electron chi connectivity index (χ2n) is 8.30. The first-order valence-corrected chi connectivity index (χ1v) is 12.1. The lowest BCUT2D eigenvalue weighted by molar-refractivity contribution is -0.136. The molecule has 4 aromatic rings. The van der Waals surface area contributed by atoms with Crippen molar-refractivity contribution in [2.75, 3.05) is 7.11 Å². The van der Waals surface area contributed by atoms with Gasteiger partial charge < -0.3 is 9.47 Å². The summed E-state index contributed by atoms with van der Waals surface area (Å²) >= 11 is 1.27. The average molecular weight is 499 g/mol. The van der Waals surface area contributed by atoms with E-state index in [-0.39, 0.29) is 11.1 Å². The van der Waals surface area contributed by atoms with Crippen molar-refractivity contribution in [3.63, 3.8) is 0 Å². The summed E-state index contributed by atoms with van der Waals surface area (Å²) in [5, 5.41) is 2.11. The molecule has 36 heavy (non-hydrogen) atoms. The smallest absolute Gasteiger partial charge is 0.338 e. The number of allylic oxidation sites excluding steroid dienone is 1. The van der Waals surface area contributed by atoms with Gasteiger partial charge in [0, 0.05) is 6.92 Å². The van der Waals surface area contributed by atoms with Crippen molar-refractivity contribution in [1.29, 1.82) is 0 Å². The molecule has 0 saturated carbocycles. The Balaban J connectivity index is 1.71. The molecule has 8 heteroatoms. The molecule has 0 spiro atoms. The molecular formula is C28H22N2O5S. The maximum absolute atomic E-state index is 13.8. The maximum Gasteiger partial charge on any atom is 0.338 e. The van der Waals surface area contributed by atoms with Crippen LogP contribution in [0.1, 0.15) is 31.0 Å². The number of benzene rings is 3. The number of hydrogen-bond acceptors (Lipinski definition) is 7. The number of nitrogens with zero attached hydrogens (tertiary/aromatic N) is 2. The Morgan fingerprint density at radius 3 is 2.47 bits per heavy atom. The Bertz CT molecular complexity index is 1720. The Hall–Kier alpha value is -4.30. The molecule has 1 aliphatic rings. The van der Waals surface area contributed by atoms with Gasteiger partial charge in [-0.05, 0) is 47.0 Å². The molecule has 0 fully saturated rings. The van der Waals surface area contributed by atoms with E-state index in [4.69, 9.17) is 9.47 Å². The molecule has 1 aliphatic heterocycles. The molecule has 0 bridgehead atoms. The van der Waals surface area contributed by atoms with Crippen molar-refractivity contribution < 1.29 is 19.1 Å². The number of ether oxygens (including phenoxy) is 2. The zero-order chi connectivity index (χ0) is 25.4. The fourth-order valence-corrected chi connectivity index (χ4v) is 5.45. The molecular weight excluding hydrogens is 476 g/mol. The van der Waals surface area contributed by atoms with Crippen LogP contribution in [0.2, 0.25) is 0 Å². The van der Waals surface area contributed by atoms with Crippen LogP contribution < -0.4 is 19.6 Å². The lowest BCUT2D eigenvalue weighted by atomic mass is 9.96. The van der Waals surface area contributed by atoms with E-state index < -0.39 is 18.0 Å². The second kappa shape index (κ2) is 9.39. The summed E-state index contributed by atoms with van der Waals surface area (Å²) < 4.78 is 12.2. The number of carbonyl (C=O) groups is 2. The van der Waals surface area contributed by atoms with Gasteiger partial charge in [0.1, 0.15) is 5.75 Å². The second-order valence-corrected chi connectivity index (χ2v) is 9.31. The van der Waals surface area contributed by atoms with Crippen LogP contribution in [0.25, 0.3) is 16.8 Å². The summed E-state index contributed by atoms with van der Waals surface area (Å²) in [6.07, 6.45) is 1.87. The molecule has 0 radical (unpaired) electrons. The third-order valence-corrected chi connectivity index (χ3v) is 6.98. The van der Waals surface area contributed by atoms with Gasteiger partial charge in [-0.3, -0.25) is 14.2 Å². The van der Waals surface area contributed by atoms with Crippen LogP contribution in [-0.2, 0) is 14.3 Å². The van der Waals surface area contributed by atoms with Gasteiger partial charge in [-0.15, -0.1) is 0 Å². The standard InChI is InChI=1S/C28H22N2O5S/c1-16-24(27(33)34-3)25(19-11-13-21(14-12-19)35-17(2)31)30-26(32)23(36-28(30)29-16)15-20-9-6-8-18-7-4-5-10-22(18)20/h4-15,25H,1-3H3/t25-/m0/s1. The fourth-order valence-electron chi connectivity index (χ4n) is 4.41. The predicted octanol–water partition coefficient (Wildman–Crippen LogP) is 3.49. The number of carbonyl (C=O) groups excluding carboxylic acids is 2. The van der Waals surface area contributed by atoms with Crippen molar-refractivity contribution in [3.05, 3.63) is 109 Å². The molecule has 0 unspecified atom stereocenters. The van der Waals surface area contributed by atoms with E-state index in [1.54, 1.807) is 31.2 Å². The van der Waals surface area contributed by atoms with E-state index in [0.29, 0.717) is 26.3 Å². The van der Waals surface area contributed by atoms with Gasteiger partial charge in [-0.2, -0.15) is 0 Å². The van der Waals surface area contributed by atoms with Crippen molar-refractivity contribution in [2.24, 2.45) is 4.99 Å². The van der Waals surface area contributed by atoms with E-state index in [1.807, 2.05) is 48.5 Å². The summed E-state index contributed by atoms with van der Waals surface area (Å²) in [6, 6.07) is 19.9. The molecule has 0 aliphatic carbocycles. The van der Waals surface area contributed by atoms with Gasteiger partial charge in [-0.1, -0.05) is 65.9 Å². The lowest BCUT2D eigenvalue weighted by Gasteiger charge is -2.24. The third kappa shape index (κ3) is 4.16. The molecule has 1 atom stereocenters. The van der Waals surface area contributed by atoms with Crippen molar-refractivity contribution in [3.8, 4) is 5.75 Å². The highest BCUT2D eigenvalue weighted by molar-refractivity contribution is 7.07. The number of fused-ring (bicyclic) bond motifs is 2. The molecule has 7 nitrogen and oxygen atoms in total.